The zero-order chi connectivity index (χ0) is 9.97. The number of aldehydes is 1. The van der Waals surface area contributed by atoms with Gasteiger partial charge in [-0.2, -0.15) is 0 Å². The molecular formula is C11H12N2O. The fraction of sp³-hybridized carbons (Fsp3) is 0.273. The van der Waals surface area contributed by atoms with Gasteiger partial charge in [-0.3, -0.25) is 4.79 Å². The van der Waals surface area contributed by atoms with Crippen LogP contribution in [-0.4, -0.2) is 24.4 Å². The van der Waals surface area contributed by atoms with Crippen molar-refractivity contribution in [2.75, 3.05) is 18.0 Å². The van der Waals surface area contributed by atoms with Gasteiger partial charge in [0.2, 0.25) is 0 Å². The molecule has 1 aliphatic heterocycles. The number of carbonyl (C=O) groups excluding carboxylic acids is 1. The molecule has 0 aromatic carbocycles. The molecule has 3 nitrogen and oxygen atoms in total. The Labute approximate surface area is 83.1 Å². The van der Waals surface area contributed by atoms with Crippen LogP contribution in [0.2, 0.25) is 0 Å². The number of aromatic nitrogens is 1. The maximum absolute atomic E-state index is 10.5. The predicted octanol–water partition coefficient (Wildman–Crippen LogP) is 1.58. The standard InChI is InChI=1S/C11H12N2O/c1-9-6-10(8-14)7-12-11(9)13-4-2-3-5-13/h2-3,6-8H,4-5H2,1H3. The summed E-state index contributed by atoms with van der Waals surface area (Å²) in [6.07, 6.45) is 6.68. The first-order valence-corrected chi connectivity index (χ1v) is 4.63. The average Bonchev–Trinajstić information content (AvgIpc) is 2.70. The molecule has 0 radical (unpaired) electrons. The maximum Gasteiger partial charge on any atom is 0.151 e. The number of hydrogen-bond acceptors (Lipinski definition) is 3. The number of carbonyl (C=O) groups is 1. The fourth-order valence-electron chi connectivity index (χ4n) is 1.64. The van der Waals surface area contributed by atoms with E-state index in [2.05, 4.69) is 22.0 Å². The van der Waals surface area contributed by atoms with Crippen molar-refractivity contribution in [2.45, 2.75) is 6.92 Å². The minimum atomic E-state index is 0.637. The molecule has 0 fully saturated rings. The van der Waals surface area contributed by atoms with Crippen LogP contribution < -0.4 is 4.90 Å². The van der Waals surface area contributed by atoms with Gasteiger partial charge < -0.3 is 4.90 Å². The Morgan fingerprint density at radius 3 is 2.71 bits per heavy atom. The van der Waals surface area contributed by atoms with Crippen molar-refractivity contribution >= 4 is 12.1 Å². The molecular weight excluding hydrogens is 176 g/mol. The molecule has 3 heteroatoms. The van der Waals surface area contributed by atoms with E-state index in [0.717, 1.165) is 30.8 Å². The zero-order valence-corrected chi connectivity index (χ0v) is 8.10. The summed E-state index contributed by atoms with van der Waals surface area (Å²) in [7, 11) is 0. The highest BCUT2D eigenvalue weighted by Crippen LogP contribution is 2.19. The van der Waals surface area contributed by atoms with E-state index >= 15 is 0 Å². The van der Waals surface area contributed by atoms with E-state index in [1.165, 1.54) is 0 Å². The SMILES string of the molecule is Cc1cc(C=O)cnc1N1CC=CC1. The highest BCUT2D eigenvalue weighted by Gasteiger charge is 2.11. The molecule has 1 aromatic rings. The van der Waals surface area contributed by atoms with Crippen LogP contribution >= 0.6 is 0 Å². The van der Waals surface area contributed by atoms with Gasteiger partial charge in [0, 0.05) is 24.8 Å². The molecule has 72 valence electrons. The summed E-state index contributed by atoms with van der Waals surface area (Å²) < 4.78 is 0. The quantitative estimate of drug-likeness (QED) is 0.522. The van der Waals surface area contributed by atoms with Crippen molar-refractivity contribution in [3.63, 3.8) is 0 Å². The van der Waals surface area contributed by atoms with Gasteiger partial charge in [-0.15, -0.1) is 0 Å². The van der Waals surface area contributed by atoms with Gasteiger partial charge in [0.05, 0.1) is 0 Å². The van der Waals surface area contributed by atoms with Gasteiger partial charge in [-0.25, -0.2) is 4.98 Å². The first-order valence-electron chi connectivity index (χ1n) is 4.63. The molecule has 0 aliphatic carbocycles. The van der Waals surface area contributed by atoms with E-state index in [9.17, 15) is 4.79 Å². The highest BCUT2D eigenvalue weighted by molar-refractivity contribution is 5.75. The number of hydrogen-bond donors (Lipinski definition) is 0. The van der Waals surface area contributed by atoms with E-state index in [1.54, 1.807) is 6.20 Å². The lowest BCUT2D eigenvalue weighted by molar-refractivity contribution is 0.112. The van der Waals surface area contributed by atoms with Crippen LogP contribution in [0.25, 0.3) is 0 Å². The summed E-state index contributed by atoms with van der Waals surface area (Å²) in [5.41, 5.74) is 1.69. The summed E-state index contributed by atoms with van der Waals surface area (Å²) in [5, 5.41) is 0. The Balaban J connectivity index is 2.30. The number of nitrogens with zero attached hydrogens (tertiary/aromatic N) is 2. The lowest BCUT2D eigenvalue weighted by Gasteiger charge is -2.18. The Bertz CT molecular complexity index is 377. The van der Waals surface area contributed by atoms with Crippen molar-refractivity contribution in [3.05, 3.63) is 35.5 Å². The zero-order valence-electron chi connectivity index (χ0n) is 8.10. The van der Waals surface area contributed by atoms with E-state index in [-0.39, 0.29) is 0 Å². The van der Waals surface area contributed by atoms with Crippen LogP contribution in [0.4, 0.5) is 5.82 Å². The smallest absolute Gasteiger partial charge is 0.151 e. The molecule has 0 N–H and O–H groups in total. The van der Waals surface area contributed by atoms with Crippen LogP contribution in [-0.2, 0) is 0 Å². The summed E-state index contributed by atoms with van der Waals surface area (Å²) in [5.74, 6) is 0.973. The second-order valence-corrected chi connectivity index (χ2v) is 3.40. The molecule has 0 atom stereocenters. The summed E-state index contributed by atoms with van der Waals surface area (Å²) in [4.78, 5) is 17.0. The number of pyridine rings is 1. The van der Waals surface area contributed by atoms with Crippen LogP contribution in [0.3, 0.4) is 0 Å². The average molecular weight is 188 g/mol. The Morgan fingerprint density at radius 2 is 2.14 bits per heavy atom. The van der Waals surface area contributed by atoms with E-state index < -0.39 is 0 Å². The largest absolute Gasteiger partial charge is 0.349 e. The number of rotatable bonds is 2. The van der Waals surface area contributed by atoms with Crippen molar-refractivity contribution < 1.29 is 4.79 Å². The van der Waals surface area contributed by atoms with E-state index in [0.29, 0.717) is 5.56 Å². The molecule has 1 aliphatic rings. The minimum absolute atomic E-state index is 0.637. The Hall–Kier alpha value is -1.64. The van der Waals surface area contributed by atoms with Crippen molar-refractivity contribution in [2.24, 2.45) is 0 Å². The third-order valence-electron chi connectivity index (χ3n) is 2.33. The van der Waals surface area contributed by atoms with Crippen LogP contribution in [0.1, 0.15) is 15.9 Å². The lowest BCUT2D eigenvalue weighted by Crippen LogP contribution is -2.20. The van der Waals surface area contributed by atoms with Crippen molar-refractivity contribution in [1.82, 2.24) is 4.98 Å². The fourth-order valence-corrected chi connectivity index (χ4v) is 1.64. The molecule has 0 amide bonds. The first-order chi connectivity index (χ1) is 6.81. The second-order valence-electron chi connectivity index (χ2n) is 3.40. The van der Waals surface area contributed by atoms with Crippen molar-refractivity contribution in [1.29, 1.82) is 0 Å². The second kappa shape index (κ2) is 3.62. The Kier molecular flexibility index (Phi) is 2.31. The molecule has 0 bridgehead atoms. The van der Waals surface area contributed by atoms with Gasteiger partial charge in [0.1, 0.15) is 5.82 Å². The van der Waals surface area contributed by atoms with Crippen LogP contribution in [0.5, 0.6) is 0 Å². The van der Waals surface area contributed by atoms with Crippen molar-refractivity contribution in [3.8, 4) is 0 Å². The Morgan fingerprint density at radius 1 is 1.43 bits per heavy atom. The lowest BCUT2D eigenvalue weighted by atomic mass is 10.2. The summed E-state index contributed by atoms with van der Waals surface area (Å²) in [6.45, 7) is 3.80. The van der Waals surface area contributed by atoms with E-state index in [1.807, 2.05) is 13.0 Å². The van der Waals surface area contributed by atoms with Gasteiger partial charge in [0.15, 0.2) is 6.29 Å². The van der Waals surface area contributed by atoms with Gasteiger partial charge in [-0.1, -0.05) is 12.2 Å². The molecule has 2 heterocycles. The minimum Gasteiger partial charge on any atom is -0.349 e. The monoisotopic (exact) mass is 188 g/mol. The molecule has 0 saturated carbocycles. The molecule has 0 saturated heterocycles. The van der Waals surface area contributed by atoms with Gasteiger partial charge >= 0.3 is 0 Å². The van der Waals surface area contributed by atoms with Gasteiger partial charge in [0.25, 0.3) is 0 Å². The molecule has 1 aromatic heterocycles. The summed E-state index contributed by atoms with van der Waals surface area (Å²) >= 11 is 0. The van der Waals surface area contributed by atoms with Crippen LogP contribution in [0.15, 0.2) is 24.4 Å². The van der Waals surface area contributed by atoms with Gasteiger partial charge in [-0.05, 0) is 18.6 Å². The predicted molar refractivity (Wildman–Crippen MR) is 55.7 cm³/mol. The third-order valence-corrected chi connectivity index (χ3v) is 2.33. The molecule has 0 spiro atoms. The topological polar surface area (TPSA) is 33.2 Å². The third kappa shape index (κ3) is 1.53. The number of aryl methyl sites for hydroxylation is 1. The van der Waals surface area contributed by atoms with E-state index in [4.69, 9.17) is 0 Å². The summed E-state index contributed by atoms with van der Waals surface area (Å²) in [6, 6.07) is 1.87. The molecule has 2 rings (SSSR count). The number of anilines is 1. The highest BCUT2D eigenvalue weighted by atomic mass is 16.1. The molecule has 14 heavy (non-hydrogen) atoms. The maximum atomic E-state index is 10.5. The van der Waals surface area contributed by atoms with Crippen LogP contribution in [0, 0.1) is 6.92 Å². The first kappa shape index (κ1) is 8.94. The molecule has 0 unspecified atom stereocenters. The normalized spacial score (nSPS) is 14.8.